The zero-order valence-electron chi connectivity index (χ0n) is 12.9. The second kappa shape index (κ2) is 7.67. The number of hydrogen-bond donors (Lipinski definition) is 2. The molecule has 0 unspecified atom stereocenters. The Balaban J connectivity index is 2.05. The maximum atomic E-state index is 11.6. The monoisotopic (exact) mass is 288 g/mol. The van der Waals surface area contributed by atoms with Crippen LogP contribution < -0.4 is 10.6 Å². The number of hydrogen-bond acceptors (Lipinski definition) is 2. The average molecular weight is 288 g/mol. The molecule has 0 atom stereocenters. The van der Waals surface area contributed by atoms with Crippen LogP contribution in [0.25, 0.3) is 0 Å². The molecular weight excluding hydrogens is 264 g/mol. The average Bonchev–Trinajstić information content (AvgIpc) is 2.51. The van der Waals surface area contributed by atoms with E-state index < -0.39 is 0 Å². The predicted octanol–water partition coefficient (Wildman–Crippen LogP) is 1.15. The van der Waals surface area contributed by atoms with Crippen molar-refractivity contribution >= 4 is 11.9 Å². The molecule has 1 aromatic rings. The van der Waals surface area contributed by atoms with E-state index in [9.17, 15) is 4.79 Å². The van der Waals surface area contributed by atoms with E-state index in [-0.39, 0.29) is 12.5 Å². The number of carbonyl (C=O) groups excluding carboxylic acids is 1. The van der Waals surface area contributed by atoms with Crippen molar-refractivity contribution in [3.63, 3.8) is 0 Å². The molecule has 0 aliphatic carbocycles. The lowest BCUT2D eigenvalue weighted by Gasteiger charge is -2.31. The molecule has 5 nitrogen and oxygen atoms in total. The van der Waals surface area contributed by atoms with Crippen LogP contribution in [-0.2, 0) is 17.8 Å². The SMILES string of the molecule is CCNC(=O)CN=C(NCC)N1CCc2ccccc2C1. The smallest absolute Gasteiger partial charge is 0.241 e. The van der Waals surface area contributed by atoms with Gasteiger partial charge in [-0.05, 0) is 31.4 Å². The van der Waals surface area contributed by atoms with Crippen LogP contribution in [0.5, 0.6) is 0 Å². The molecule has 0 spiro atoms. The van der Waals surface area contributed by atoms with Gasteiger partial charge in [0.2, 0.25) is 5.91 Å². The van der Waals surface area contributed by atoms with Crippen molar-refractivity contribution in [1.29, 1.82) is 0 Å². The van der Waals surface area contributed by atoms with Crippen LogP contribution in [0.2, 0.25) is 0 Å². The molecule has 0 aromatic heterocycles. The van der Waals surface area contributed by atoms with Crippen LogP contribution in [-0.4, -0.2) is 42.9 Å². The van der Waals surface area contributed by atoms with Crippen LogP contribution in [0, 0.1) is 0 Å². The van der Waals surface area contributed by atoms with Gasteiger partial charge < -0.3 is 15.5 Å². The fourth-order valence-corrected chi connectivity index (χ4v) is 2.50. The number of nitrogens with one attached hydrogen (secondary N) is 2. The first-order valence-corrected chi connectivity index (χ1v) is 7.61. The van der Waals surface area contributed by atoms with Crippen LogP contribution in [0.15, 0.2) is 29.3 Å². The second-order valence-electron chi connectivity index (χ2n) is 5.06. The Kier molecular flexibility index (Phi) is 5.60. The summed E-state index contributed by atoms with van der Waals surface area (Å²) in [5.74, 6) is 0.781. The van der Waals surface area contributed by atoms with Crippen molar-refractivity contribution in [2.75, 3.05) is 26.2 Å². The number of rotatable bonds is 4. The van der Waals surface area contributed by atoms with Gasteiger partial charge in [-0.2, -0.15) is 0 Å². The highest BCUT2D eigenvalue weighted by Crippen LogP contribution is 2.18. The van der Waals surface area contributed by atoms with Gasteiger partial charge in [-0.15, -0.1) is 0 Å². The summed E-state index contributed by atoms with van der Waals surface area (Å²) >= 11 is 0. The molecule has 1 aliphatic rings. The first-order valence-electron chi connectivity index (χ1n) is 7.61. The van der Waals surface area contributed by atoms with Crippen molar-refractivity contribution < 1.29 is 4.79 Å². The highest BCUT2D eigenvalue weighted by atomic mass is 16.1. The van der Waals surface area contributed by atoms with Crippen LogP contribution in [0.4, 0.5) is 0 Å². The molecular formula is C16H24N4O. The molecule has 1 aliphatic heterocycles. The van der Waals surface area contributed by atoms with E-state index in [1.54, 1.807) is 0 Å². The molecule has 5 heteroatoms. The lowest BCUT2D eigenvalue weighted by molar-refractivity contribution is -0.119. The molecule has 114 valence electrons. The number of aliphatic imine (C=N–C) groups is 1. The van der Waals surface area contributed by atoms with Gasteiger partial charge in [0.25, 0.3) is 0 Å². The maximum Gasteiger partial charge on any atom is 0.241 e. The molecule has 0 saturated carbocycles. The van der Waals surface area contributed by atoms with Crippen LogP contribution >= 0.6 is 0 Å². The standard InChI is InChI=1S/C16H24N4O/c1-3-17-15(21)11-19-16(18-4-2)20-10-9-13-7-5-6-8-14(13)12-20/h5-8H,3-4,9-12H2,1-2H3,(H,17,21)(H,18,19). The van der Waals surface area contributed by atoms with Crippen LogP contribution in [0.3, 0.4) is 0 Å². The van der Waals surface area contributed by atoms with Crippen LogP contribution in [0.1, 0.15) is 25.0 Å². The first-order chi connectivity index (χ1) is 10.2. The van der Waals surface area contributed by atoms with Gasteiger partial charge in [-0.3, -0.25) is 4.79 Å². The van der Waals surface area contributed by atoms with E-state index in [4.69, 9.17) is 0 Å². The summed E-state index contributed by atoms with van der Waals surface area (Å²) < 4.78 is 0. The molecule has 1 heterocycles. The maximum absolute atomic E-state index is 11.6. The predicted molar refractivity (Wildman–Crippen MR) is 85.2 cm³/mol. The zero-order valence-corrected chi connectivity index (χ0v) is 12.9. The van der Waals surface area contributed by atoms with Gasteiger partial charge >= 0.3 is 0 Å². The number of likely N-dealkylation sites (N-methyl/N-ethyl adjacent to an activating group) is 1. The summed E-state index contributed by atoms with van der Waals surface area (Å²) in [6, 6.07) is 8.50. The highest BCUT2D eigenvalue weighted by Gasteiger charge is 2.18. The van der Waals surface area contributed by atoms with Gasteiger partial charge in [0.1, 0.15) is 6.54 Å². The van der Waals surface area contributed by atoms with Gasteiger partial charge in [0.05, 0.1) is 0 Å². The van der Waals surface area contributed by atoms with Gasteiger partial charge in [0, 0.05) is 26.2 Å². The number of nitrogens with zero attached hydrogens (tertiary/aromatic N) is 2. The van der Waals surface area contributed by atoms with Gasteiger partial charge in [-0.25, -0.2) is 4.99 Å². The van der Waals surface area contributed by atoms with E-state index in [1.165, 1.54) is 11.1 Å². The quantitative estimate of drug-likeness (QED) is 0.645. The normalized spacial score (nSPS) is 14.6. The van der Waals surface area contributed by atoms with Crippen molar-refractivity contribution in [3.05, 3.63) is 35.4 Å². The Morgan fingerprint density at radius 2 is 1.90 bits per heavy atom. The second-order valence-corrected chi connectivity index (χ2v) is 5.06. The summed E-state index contributed by atoms with van der Waals surface area (Å²) in [6.45, 7) is 7.34. The molecule has 0 fully saturated rings. The summed E-state index contributed by atoms with van der Waals surface area (Å²) in [5, 5.41) is 6.05. The summed E-state index contributed by atoms with van der Waals surface area (Å²) in [6.07, 6.45) is 1.02. The molecule has 1 aromatic carbocycles. The van der Waals surface area contributed by atoms with E-state index in [2.05, 4.69) is 44.8 Å². The molecule has 2 rings (SSSR count). The van der Waals surface area contributed by atoms with E-state index >= 15 is 0 Å². The first kappa shape index (κ1) is 15.4. The summed E-state index contributed by atoms with van der Waals surface area (Å²) in [7, 11) is 0. The molecule has 0 saturated heterocycles. The van der Waals surface area contributed by atoms with Crippen molar-refractivity contribution in [1.82, 2.24) is 15.5 Å². The summed E-state index contributed by atoms with van der Waals surface area (Å²) in [5.41, 5.74) is 2.75. The van der Waals surface area contributed by atoms with Gasteiger partial charge in [-0.1, -0.05) is 24.3 Å². The highest BCUT2D eigenvalue weighted by molar-refractivity contribution is 5.85. The van der Waals surface area contributed by atoms with E-state index in [0.717, 1.165) is 32.0 Å². The number of guanidine groups is 1. The number of benzene rings is 1. The number of amides is 1. The van der Waals surface area contributed by atoms with Gasteiger partial charge in [0.15, 0.2) is 5.96 Å². The lowest BCUT2D eigenvalue weighted by atomic mass is 10.0. The van der Waals surface area contributed by atoms with E-state index in [0.29, 0.717) is 6.54 Å². The largest absolute Gasteiger partial charge is 0.356 e. The Hall–Kier alpha value is -2.04. The minimum Gasteiger partial charge on any atom is -0.356 e. The third-order valence-electron chi connectivity index (χ3n) is 3.51. The molecule has 0 bridgehead atoms. The Bertz CT molecular complexity index is 513. The number of carbonyl (C=O) groups is 1. The Morgan fingerprint density at radius 1 is 1.19 bits per heavy atom. The third kappa shape index (κ3) is 4.21. The minimum atomic E-state index is -0.0367. The molecule has 0 radical (unpaired) electrons. The molecule has 1 amide bonds. The Labute approximate surface area is 126 Å². The Morgan fingerprint density at radius 3 is 2.62 bits per heavy atom. The fraction of sp³-hybridized carbons (Fsp3) is 0.500. The lowest BCUT2D eigenvalue weighted by Crippen LogP contribution is -2.44. The molecule has 21 heavy (non-hydrogen) atoms. The van der Waals surface area contributed by atoms with E-state index in [1.807, 2.05) is 13.8 Å². The third-order valence-corrected chi connectivity index (χ3v) is 3.51. The number of fused-ring (bicyclic) bond motifs is 1. The summed E-state index contributed by atoms with van der Waals surface area (Å²) in [4.78, 5) is 18.2. The topological polar surface area (TPSA) is 56.7 Å². The zero-order chi connectivity index (χ0) is 15.1. The fourth-order valence-electron chi connectivity index (χ4n) is 2.50. The minimum absolute atomic E-state index is 0.0367. The van der Waals surface area contributed by atoms with Crippen molar-refractivity contribution in [2.45, 2.75) is 26.8 Å². The van der Waals surface area contributed by atoms with Crippen molar-refractivity contribution in [2.24, 2.45) is 4.99 Å². The van der Waals surface area contributed by atoms with Crippen molar-refractivity contribution in [3.8, 4) is 0 Å². The molecule has 2 N–H and O–H groups in total.